The van der Waals surface area contributed by atoms with E-state index in [4.69, 9.17) is 11.0 Å². The molecule has 19 heavy (non-hydrogen) atoms. The Morgan fingerprint density at radius 3 is 2.79 bits per heavy atom. The summed E-state index contributed by atoms with van der Waals surface area (Å²) >= 11 is 0. The Balaban J connectivity index is 2.45. The summed E-state index contributed by atoms with van der Waals surface area (Å²) in [5, 5.41) is 10.7. The molecule has 0 atom stereocenters. The van der Waals surface area contributed by atoms with Gasteiger partial charge in [0.1, 0.15) is 0 Å². The number of fused-ring (bicyclic) bond motifs is 3. The quantitative estimate of drug-likeness (QED) is 0.672. The van der Waals surface area contributed by atoms with E-state index in [-0.39, 0.29) is 6.42 Å². The van der Waals surface area contributed by atoms with Crippen LogP contribution in [0.1, 0.15) is 11.1 Å². The first-order valence-corrected chi connectivity index (χ1v) is 6.00. The van der Waals surface area contributed by atoms with Gasteiger partial charge in [0.2, 0.25) is 0 Å². The molecule has 92 valence electrons. The summed E-state index contributed by atoms with van der Waals surface area (Å²) in [5.74, 6) is 0. The predicted octanol–water partition coefficient (Wildman–Crippen LogP) is 2.74. The molecular formula is C15H12N4. The molecule has 4 heteroatoms. The minimum atomic E-state index is 0.268. The van der Waals surface area contributed by atoms with Gasteiger partial charge < -0.3 is 5.73 Å². The third-order valence-corrected chi connectivity index (χ3v) is 3.25. The summed E-state index contributed by atoms with van der Waals surface area (Å²) in [5.41, 5.74) is 10.4. The summed E-state index contributed by atoms with van der Waals surface area (Å²) < 4.78 is 0. The van der Waals surface area contributed by atoms with Crippen LogP contribution in [0.25, 0.3) is 21.8 Å². The van der Waals surface area contributed by atoms with E-state index in [9.17, 15) is 0 Å². The Hall–Kier alpha value is -2.67. The van der Waals surface area contributed by atoms with Crippen LogP contribution < -0.4 is 5.73 Å². The van der Waals surface area contributed by atoms with Crippen LogP contribution in [0.4, 0.5) is 5.69 Å². The molecule has 0 fully saturated rings. The van der Waals surface area contributed by atoms with E-state index >= 15 is 0 Å². The van der Waals surface area contributed by atoms with Crippen molar-refractivity contribution in [3.8, 4) is 6.07 Å². The van der Waals surface area contributed by atoms with Crippen molar-refractivity contribution in [1.29, 1.82) is 5.26 Å². The number of nitrogen functional groups attached to an aromatic ring is 1. The van der Waals surface area contributed by atoms with Crippen molar-refractivity contribution >= 4 is 27.5 Å². The van der Waals surface area contributed by atoms with Gasteiger partial charge in [0, 0.05) is 28.2 Å². The molecule has 0 aliphatic carbocycles. The zero-order valence-electron chi connectivity index (χ0n) is 10.5. The lowest BCUT2D eigenvalue weighted by Gasteiger charge is -2.09. The molecule has 0 saturated carbocycles. The van der Waals surface area contributed by atoms with Gasteiger partial charge in [0.05, 0.1) is 29.7 Å². The summed E-state index contributed by atoms with van der Waals surface area (Å²) in [7, 11) is 0. The molecule has 0 radical (unpaired) electrons. The lowest BCUT2D eigenvalue weighted by molar-refractivity contribution is 1.22. The van der Waals surface area contributed by atoms with Crippen molar-refractivity contribution in [2.45, 2.75) is 13.3 Å². The van der Waals surface area contributed by atoms with E-state index in [1.165, 1.54) is 0 Å². The standard InChI is InChI=1S/C15H12N4/c1-9-2-3-11-12(6-9)19-8-13-14(11)15(17)10(4-5-16)7-18-13/h2-3,6-8H,4H2,1H3,(H2,17,18). The number of nitrogens with two attached hydrogens (primary N) is 1. The summed E-state index contributed by atoms with van der Waals surface area (Å²) in [6.45, 7) is 2.03. The second-order valence-corrected chi connectivity index (χ2v) is 4.57. The summed E-state index contributed by atoms with van der Waals surface area (Å²) in [6, 6.07) is 8.17. The van der Waals surface area contributed by atoms with Crippen LogP contribution in [0.15, 0.2) is 30.6 Å². The Labute approximate surface area is 110 Å². The highest BCUT2D eigenvalue weighted by Crippen LogP contribution is 2.30. The highest BCUT2D eigenvalue weighted by Gasteiger charge is 2.10. The van der Waals surface area contributed by atoms with Crippen molar-refractivity contribution < 1.29 is 0 Å². The van der Waals surface area contributed by atoms with Gasteiger partial charge in [-0.3, -0.25) is 9.97 Å². The van der Waals surface area contributed by atoms with Crippen LogP contribution in [0, 0.1) is 18.3 Å². The Bertz CT molecular complexity index is 831. The third-order valence-electron chi connectivity index (χ3n) is 3.25. The predicted molar refractivity (Wildman–Crippen MR) is 75.5 cm³/mol. The van der Waals surface area contributed by atoms with Crippen molar-refractivity contribution in [1.82, 2.24) is 9.97 Å². The molecule has 0 aliphatic rings. The van der Waals surface area contributed by atoms with Crippen molar-refractivity contribution in [2.75, 3.05) is 5.73 Å². The molecule has 0 unspecified atom stereocenters. The summed E-state index contributed by atoms with van der Waals surface area (Å²) in [4.78, 5) is 8.74. The smallest absolute Gasteiger partial charge is 0.0912 e. The Morgan fingerprint density at radius 2 is 2.00 bits per heavy atom. The van der Waals surface area contributed by atoms with Gasteiger partial charge in [-0.1, -0.05) is 12.1 Å². The number of hydrogen-bond acceptors (Lipinski definition) is 4. The fourth-order valence-corrected chi connectivity index (χ4v) is 2.28. The molecule has 0 saturated heterocycles. The van der Waals surface area contributed by atoms with E-state index < -0.39 is 0 Å². The number of aromatic nitrogens is 2. The minimum absolute atomic E-state index is 0.268. The number of nitriles is 1. The average molecular weight is 248 g/mol. The number of benzene rings is 1. The number of pyridine rings is 2. The van der Waals surface area contributed by atoms with Crippen LogP contribution in [-0.4, -0.2) is 9.97 Å². The molecule has 2 N–H and O–H groups in total. The minimum Gasteiger partial charge on any atom is -0.398 e. The summed E-state index contributed by atoms with van der Waals surface area (Å²) in [6.07, 6.45) is 3.65. The maximum absolute atomic E-state index is 8.82. The van der Waals surface area contributed by atoms with E-state index in [0.29, 0.717) is 5.69 Å². The molecule has 0 amide bonds. The lowest BCUT2D eigenvalue weighted by Crippen LogP contribution is -1.98. The molecule has 2 heterocycles. The van der Waals surface area contributed by atoms with Gasteiger partial charge in [0.25, 0.3) is 0 Å². The van der Waals surface area contributed by atoms with Crippen molar-refractivity contribution in [3.63, 3.8) is 0 Å². The maximum Gasteiger partial charge on any atom is 0.0912 e. The highest BCUT2D eigenvalue weighted by molar-refractivity contribution is 6.10. The zero-order chi connectivity index (χ0) is 13.4. The number of hydrogen-bond donors (Lipinski definition) is 1. The first-order chi connectivity index (χ1) is 9.20. The molecule has 3 rings (SSSR count). The van der Waals surface area contributed by atoms with Crippen LogP contribution in [0.3, 0.4) is 0 Å². The van der Waals surface area contributed by atoms with Gasteiger partial charge >= 0.3 is 0 Å². The number of rotatable bonds is 1. The van der Waals surface area contributed by atoms with Gasteiger partial charge in [0.15, 0.2) is 0 Å². The molecule has 2 aromatic heterocycles. The Kier molecular flexibility index (Phi) is 2.53. The van der Waals surface area contributed by atoms with E-state index in [2.05, 4.69) is 16.0 Å². The molecule has 1 aromatic carbocycles. The normalized spacial score (nSPS) is 10.7. The molecule has 0 spiro atoms. The second-order valence-electron chi connectivity index (χ2n) is 4.57. The highest BCUT2D eigenvalue weighted by atomic mass is 14.7. The van der Waals surface area contributed by atoms with Crippen LogP contribution in [-0.2, 0) is 6.42 Å². The lowest BCUT2D eigenvalue weighted by atomic mass is 10.0. The molecular weight excluding hydrogens is 236 g/mol. The van der Waals surface area contributed by atoms with Gasteiger partial charge in [-0.25, -0.2) is 0 Å². The van der Waals surface area contributed by atoms with E-state index in [1.807, 2.05) is 25.1 Å². The van der Waals surface area contributed by atoms with Crippen LogP contribution in [0.2, 0.25) is 0 Å². The fourth-order valence-electron chi connectivity index (χ4n) is 2.28. The molecule has 4 nitrogen and oxygen atoms in total. The number of anilines is 1. The molecule has 0 aliphatic heterocycles. The number of nitrogens with zero attached hydrogens (tertiary/aromatic N) is 3. The van der Waals surface area contributed by atoms with Crippen LogP contribution in [0.5, 0.6) is 0 Å². The van der Waals surface area contributed by atoms with Crippen molar-refractivity contribution in [3.05, 3.63) is 41.7 Å². The van der Waals surface area contributed by atoms with Crippen molar-refractivity contribution in [2.24, 2.45) is 0 Å². The monoisotopic (exact) mass is 248 g/mol. The van der Waals surface area contributed by atoms with Gasteiger partial charge in [-0.15, -0.1) is 0 Å². The first kappa shape index (κ1) is 11.4. The molecule has 3 aromatic rings. The fraction of sp³-hybridized carbons (Fsp3) is 0.133. The number of aryl methyl sites for hydroxylation is 1. The Morgan fingerprint density at radius 1 is 1.21 bits per heavy atom. The van der Waals surface area contributed by atoms with Crippen LogP contribution >= 0.6 is 0 Å². The average Bonchev–Trinajstić information content (AvgIpc) is 2.41. The largest absolute Gasteiger partial charge is 0.398 e. The first-order valence-electron chi connectivity index (χ1n) is 6.00. The second kappa shape index (κ2) is 4.21. The third kappa shape index (κ3) is 1.76. The topological polar surface area (TPSA) is 75.6 Å². The van der Waals surface area contributed by atoms with Gasteiger partial charge in [-0.05, 0) is 18.6 Å². The maximum atomic E-state index is 8.82. The SMILES string of the molecule is Cc1ccc2c(c1)ncc1ncc(CC#N)c(N)c12. The zero-order valence-corrected chi connectivity index (χ0v) is 10.5. The van der Waals surface area contributed by atoms with E-state index in [1.54, 1.807) is 12.4 Å². The van der Waals surface area contributed by atoms with Gasteiger partial charge in [-0.2, -0.15) is 5.26 Å². The van der Waals surface area contributed by atoms with E-state index in [0.717, 1.165) is 32.9 Å². The molecule has 0 bridgehead atoms.